The number of carbonyl (C=O) groups excluding carboxylic acids is 1. The Morgan fingerprint density at radius 2 is 1.88 bits per heavy atom. The first-order valence-electron chi connectivity index (χ1n) is 7.57. The minimum atomic E-state index is -1.58. The lowest BCUT2D eigenvalue weighted by Gasteiger charge is -2.42. The van der Waals surface area contributed by atoms with Crippen molar-refractivity contribution in [3.8, 4) is 0 Å². The Labute approximate surface area is 136 Å². The summed E-state index contributed by atoms with van der Waals surface area (Å²) >= 11 is 0. The van der Waals surface area contributed by atoms with Gasteiger partial charge in [-0.25, -0.2) is 8.78 Å². The average molecular weight is 339 g/mol. The van der Waals surface area contributed by atoms with Crippen LogP contribution in [-0.4, -0.2) is 16.7 Å². The second-order valence-corrected chi connectivity index (χ2v) is 5.95. The lowest BCUT2D eigenvalue weighted by Crippen LogP contribution is -2.46. The van der Waals surface area contributed by atoms with Gasteiger partial charge in [0.2, 0.25) is 0 Å². The molecule has 8 heteroatoms. The molecule has 1 spiro atoms. The lowest BCUT2D eigenvalue weighted by molar-refractivity contribution is -0.386. The molecule has 1 atom stereocenters. The summed E-state index contributed by atoms with van der Waals surface area (Å²) < 4.78 is 38.7. The maximum absolute atomic E-state index is 14.2. The first-order valence-corrected chi connectivity index (χ1v) is 7.57. The van der Waals surface area contributed by atoms with Crippen LogP contribution in [0.25, 0.3) is 0 Å². The third kappa shape index (κ3) is 2.61. The summed E-state index contributed by atoms with van der Waals surface area (Å²) in [5, 5.41) is 11.1. The largest absolute Gasteiger partial charge is 0.456 e. The molecule has 128 valence electrons. The number of hydrogen-bond acceptors (Lipinski definition) is 5. The van der Waals surface area contributed by atoms with Gasteiger partial charge in [0.25, 0.3) is 11.5 Å². The van der Waals surface area contributed by atoms with E-state index in [9.17, 15) is 23.7 Å². The van der Waals surface area contributed by atoms with Crippen molar-refractivity contribution in [2.75, 3.05) is 0 Å². The highest BCUT2D eigenvalue weighted by atomic mass is 19.2. The number of halogens is 2. The second kappa shape index (κ2) is 5.85. The number of hydrogen-bond donors (Lipinski definition) is 0. The molecular weight excluding hydrogens is 324 g/mol. The standard InChI is InChI=1S/C16H15F2NO5/c1-9-12(13-11(19(21)22)6-5-10(17)14(13)18)15(20)24-16(23-9)7-3-2-4-8-16/h5-6,12H,1-4,7-8H2/t12-/m0/s1. The quantitative estimate of drug-likeness (QED) is 0.466. The first-order chi connectivity index (χ1) is 11.3. The Morgan fingerprint density at radius 1 is 1.21 bits per heavy atom. The van der Waals surface area contributed by atoms with Crippen LogP contribution in [-0.2, 0) is 14.3 Å². The van der Waals surface area contributed by atoms with Gasteiger partial charge in [-0.15, -0.1) is 0 Å². The van der Waals surface area contributed by atoms with E-state index in [4.69, 9.17) is 9.47 Å². The SMILES string of the molecule is C=C1OC2(CCCCC2)OC(=O)[C@@H]1c1c([N+](=O)[O-])ccc(F)c1F. The molecule has 1 aromatic rings. The summed E-state index contributed by atoms with van der Waals surface area (Å²) in [5.41, 5.74) is -1.44. The molecule has 0 amide bonds. The molecular formula is C16H15F2NO5. The molecule has 0 bridgehead atoms. The fourth-order valence-electron chi connectivity index (χ4n) is 3.26. The van der Waals surface area contributed by atoms with Crippen molar-refractivity contribution < 1.29 is 28.0 Å². The summed E-state index contributed by atoms with van der Waals surface area (Å²) in [7, 11) is 0. The van der Waals surface area contributed by atoms with Gasteiger partial charge in [0.05, 0.1) is 10.5 Å². The summed E-state index contributed by atoms with van der Waals surface area (Å²) in [5.74, 6) is -6.58. The fourth-order valence-corrected chi connectivity index (χ4v) is 3.26. The molecule has 2 fully saturated rings. The van der Waals surface area contributed by atoms with Crippen molar-refractivity contribution in [1.82, 2.24) is 0 Å². The smallest absolute Gasteiger partial charge is 0.324 e. The third-order valence-electron chi connectivity index (χ3n) is 4.37. The maximum Gasteiger partial charge on any atom is 0.324 e. The Bertz CT molecular complexity index is 707. The normalized spacial score (nSPS) is 22.8. The molecule has 1 heterocycles. The molecule has 2 aliphatic rings. The van der Waals surface area contributed by atoms with Crippen LogP contribution in [0.1, 0.15) is 43.6 Å². The van der Waals surface area contributed by atoms with Crippen molar-refractivity contribution >= 4 is 11.7 Å². The van der Waals surface area contributed by atoms with E-state index in [2.05, 4.69) is 6.58 Å². The molecule has 0 N–H and O–H groups in total. The summed E-state index contributed by atoms with van der Waals surface area (Å²) in [4.78, 5) is 22.7. The van der Waals surface area contributed by atoms with Crippen LogP contribution in [0, 0.1) is 21.7 Å². The van der Waals surface area contributed by atoms with E-state index in [1.165, 1.54) is 0 Å². The number of rotatable bonds is 2. The maximum atomic E-state index is 14.2. The Hall–Kier alpha value is -2.51. The number of benzene rings is 1. The monoisotopic (exact) mass is 339 g/mol. The molecule has 1 saturated heterocycles. The van der Waals surface area contributed by atoms with Gasteiger partial charge in [-0.05, 0) is 18.9 Å². The highest BCUT2D eigenvalue weighted by Gasteiger charge is 2.49. The number of esters is 1. The Kier molecular flexibility index (Phi) is 3.98. The van der Waals surface area contributed by atoms with Gasteiger partial charge in [-0.3, -0.25) is 14.9 Å². The van der Waals surface area contributed by atoms with E-state index >= 15 is 0 Å². The fraction of sp³-hybridized carbons (Fsp3) is 0.438. The van der Waals surface area contributed by atoms with Gasteiger partial charge in [-0.1, -0.05) is 13.0 Å². The predicted molar refractivity (Wildman–Crippen MR) is 77.9 cm³/mol. The van der Waals surface area contributed by atoms with Crippen molar-refractivity contribution in [1.29, 1.82) is 0 Å². The second-order valence-electron chi connectivity index (χ2n) is 5.95. The minimum absolute atomic E-state index is 0.166. The van der Waals surface area contributed by atoms with E-state index in [0.29, 0.717) is 18.9 Å². The van der Waals surface area contributed by atoms with Crippen LogP contribution in [0.5, 0.6) is 0 Å². The first kappa shape index (κ1) is 16.4. The van der Waals surface area contributed by atoms with Crippen LogP contribution in [0.3, 0.4) is 0 Å². The van der Waals surface area contributed by atoms with Gasteiger partial charge in [-0.2, -0.15) is 0 Å². The van der Waals surface area contributed by atoms with Crippen LogP contribution < -0.4 is 0 Å². The number of carbonyl (C=O) groups is 1. The highest BCUT2D eigenvalue weighted by molar-refractivity contribution is 5.84. The van der Waals surface area contributed by atoms with E-state index < -0.39 is 45.5 Å². The average Bonchev–Trinajstić information content (AvgIpc) is 2.51. The number of nitro groups is 1. The molecule has 6 nitrogen and oxygen atoms in total. The van der Waals surface area contributed by atoms with Gasteiger partial charge in [0.15, 0.2) is 11.6 Å². The number of nitrogens with zero attached hydrogens (tertiary/aromatic N) is 1. The van der Waals surface area contributed by atoms with E-state index in [1.807, 2.05) is 0 Å². The molecule has 1 aliphatic heterocycles. The molecule has 1 aliphatic carbocycles. The summed E-state index contributed by atoms with van der Waals surface area (Å²) in [6.45, 7) is 3.61. The molecule has 0 radical (unpaired) electrons. The zero-order valence-electron chi connectivity index (χ0n) is 12.7. The summed E-state index contributed by atoms with van der Waals surface area (Å²) in [6.07, 6.45) is 3.50. The number of nitro benzene ring substituents is 1. The zero-order valence-corrected chi connectivity index (χ0v) is 12.7. The summed E-state index contributed by atoms with van der Waals surface area (Å²) in [6, 6.07) is 1.44. The zero-order chi connectivity index (χ0) is 17.5. The van der Waals surface area contributed by atoms with E-state index in [1.54, 1.807) is 0 Å². The lowest BCUT2D eigenvalue weighted by atomic mass is 9.89. The topological polar surface area (TPSA) is 78.7 Å². The van der Waals surface area contributed by atoms with Gasteiger partial charge >= 0.3 is 5.97 Å². The van der Waals surface area contributed by atoms with Crippen molar-refractivity contribution in [2.24, 2.45) is 0 Å². The molecule has 3 rings (SSSR count). The van der Waals surface area contributed by atoms with Crippen molar-refractivity contribution in [2.45, 2.75) is 43.8 Å². The molecule has 1 saturated carbocycles. The van der Waals surface area contributed by atoms with Gasteiger partial charge in [0, 0.05) is 18.9 Å². The van der Waals surface area contributed by atoms with Gasteiger partial charge in [0.1, 0.15) is 11.7 Å². The number of ether oxygens (including phenoxy) is 2. The molecule has 1 aromatic carbocycles. The third-order valence-corrected chi connectivity index (χ3v) is 4.37. The Morgan fingerprint density at radius 3 is 2.46 bits per heavy atom. The highest BCUT2D eigenvalue weighted by Crippen LogP contribution is 2.45. The van der Waals surface area contributed by atoms with Crippen molar-refractivity contribution in [3.05, 3.63) is 51.8 Å². The van der Waals surface area contributed by atoms with E-state index in [0.717, 1.165) is 25.3 Å². The molecule has 0 aromatic heterocycles. The van der Waals surface area contributed by atoms with Crippen LogP contribution in [0.2, 0.25) is 0 Å². The predicted octanol–water partition coefficient (Wildman–Crippen LogP) is 3.70. The van der Waals surface area contributed by atoms with Crippen LogP contribution in [0.4, 0.5) is 14.5 Å². The van der Waals surface area contributed by atoms with Crippen LogP contribution in [0.15, 0.2) is 24.5 Å². The molecule has 0 unspecified atom stereocenters. The Balaban J connectivity index is 2.02. The van der Waals surface area contributed by atoms with Crippen molar-refractivity contribution in [3.63, 3.8) is 0 Å². The van der Waals surface area contributed by atoms with Crippen LogP contribution >= 0.6 is 0 Å². The van der Waals surface area contributed by atoms with E-state index in [-0.39, 0.29) is 5.76 Å². The van der Waals surface area contributed by atoms with Gasteiger partial charge < -0.3 is 9.47 Å². The molecule has 24 heavy (non-hydrogen) atoms. The minimum Gasteiger partial charge on any atom is -0.456 e.